The number of anilines is 1. The highest BCUT2D eigenvalue weighted by atomic mass is 15.3. The Morgan fingerprint density at radius 2 is 1.65 bits per heavy atom. The van der Waals surface area contributed by atoms with Crippen molar-refractivity contribution in [3.05, 3.63) is 29.3 Å². The van der Waals surface area contributed by atoms with E-state index in [0.717, 1.165) is 32.7 Å². The lowest BCUT2D eigenvalue weighted by Crippen LogP contribution is -2.52. The van der Waals surface area contributed by atoms with Gasteiger partial charge in [-0.3, -0.25) is 4.90 Å². The van der Waals surface area contributed by atoms with Gasteiger partial charge in [-0.1, -0.05) is 19.9 Å². The largest absolute Gasteiger partial charge is 0.381 e. The van der Waals surface area contributed by atoms with Gasteiger partial charge in [-0.05, 0) is 25.1 Å². The predicted octanol–water partition coefficient (Wildman–Crippen LogP) is 2.11. The van der Waals surface area contributed by atoms with E-state index in [1.54, 1.807) is 18.2 Å². The summed E-state index contributed by atoms with van der Waals surface area (Å²) >= 11 is 0. The first kappa shape index (κ1) is 17.3. The maximum absolute atomic E-state index is 9.28. The van der Waals surface area contributed by atoms with E-state index in [9.17, 15) is 10.5 Å². The fourth-order valence-corrected chi connectivity index (χ4v) is 3.08. The highest BCUT2D eigenvalue weighted by molar-refractivity contribution is 5.66. The minimum atomic E-state index is 0.391. The van der Waals surface area contributed by atoms with Crippen LogP contribution in [0.25, 0.3) is 0 Å². The number of nitrogens with zero attached hydrogens (tertiary/aromatic N) is 4. The van der Waals surface area contributed by atoms with Crippen LogP contribution in [-0.2, 0) is 0 Å². The molecule has 1 atom stereocenters. The van der Waals surface area contributed by atoms with E-state index < -0.39 is 0 Å². The average molecular weight is 311 g/mol. The summed E-state index contributed by atoms with van der Waals surface area (Å²) < 4.78 is 0. The lowest BCUT2D eigenvalue weighted by atomic mass is 10.0. The Balaban J connectivity index is 2.11. The molecule has 0 radical (unpaired) electrons. The highest BCUT2D eigenvalue weighted by Crippen LogP contribution is 2.21. The Labute approximate surface area is 139 Å². The Morgan fingerprint density at radius 1 is 1.09 bits per heavy atom. The molecule has 122 valence electrons. The van der Waals surface area contributed by atoms with E-state index in [2.05, 4.69) is 48.2 Å². The number of para-hydroxylation sites is 1. The zero-order valence-electron chi connectivity index (χ0n) is 14.2. The molecule has 1 aromatic carbocycles. The molecule has 0 amide bonds. The molecule has 0 saturated carbocycles. The smallest absolute Gasteiger partial charge is 0.101 e. The summed E-state index contributed by atoms with van der Waals surface area (Å²) in [6.07, 6.45) is 0. The maximum Gasteiger partial charge on any atom is 0.101 e. The van der Waals surface area contributed by atoms with E-state index in [-0.39, 0.29) is 0 Å². The summed E-state index contributed by atoms with van der Waals surface area (Å²) in [5.41, 5.74) is 1.73. The van der Waals surface area contributed by atoms with Crippen LogP contribution in [0.3, 0.4) is 0 Å². The summed E-state index contributed by atoms with van der Waals surface area (Å²) in [6, 6.07) is 10.00. The van der Waals surface area contributed by atoms with Crippen LogP contribution < -0.4 is 5.32 Å². The third kappa shape index (κ3) is 4.22. The van der Waals surface area contributed by atoms with Crippen molar-refractivity contribution in [2.24, 2.45) is 5.92 Å². The van der Waals surface area contributed by atoms with Crippen molar-refractivity contribution in [3.8, 4) is 12.1 Å². The van der Waals surface area contributed by atoms with Crippen molar-refractivity contribution < 1.29 is 0 Å². The summed E-state index contributed by atoms with van der Waals surface area (Å²) in [4.78, 5) is 4.86. The van der Waals surface area contributed by atoms with Gasteiger partial charge in [0, 0.05) is 38.8 Å². The Kier molecular flexibility index (Phi) is 5.98. The van der Waals surface area contributed by atoms with Crippen LogP contribution in [0.5, 0.6) is 0 Å². The van der Waals surface area contributed by atoms with Gasteiger partial charge < -0.3 is 10.2 Å². The normalized spacial score (nSPS) is 17.5. The fourth-order valence-electron chi connectivity index (χ4n) is 3.08. The Hall–Kier alpha value is -2.08. The first-order valence-electron chi connectivity index (χ1n) is 8.16. The molecule has 0 spiro atoms. The highest BCUT2D eigenvalue weighted by Gasteiger charge is 2.25. The van der Waals surface area contributed by atoms with Gasteiger partial charge in [0.1, 0.15) is 12.1 Å². The molecule has 0 aromatic heterocycles. The second-order valence-electron chi connectivity index (χ2n) is 6.48. The predicted molar refractivity (Wildman–Crippen MR) is 92.1 cm³/mol. The van der Waals surface area contributed by atoms with Gasteiger partial charge in [-0.15, -0.1) is 0 Å². The summed E-state index contributed by atoms with van der Waals surface area (Å²) in [5.74, 6) is 0.505. The molecule has 1 N–H and O–H groups in total. The first-order valence-corrected chi connectivity index (χ1v) is 8.16. The molecule has 1 fully saturated rings. The van der Waals surface area contributed by atoms with E-state index >= 15 is 0 Å². The van der Waals surface area contributed by atoms with Crippen LogP contribution in [0.4, 0.5) is 5.69 Å². The van der Waals surface area contributed by atoms with Crippen LogP contribution in [0.1, 0.15) is 25.0 Å². The minimum absolute atomic E-state index is 0.391. The van der Waals surface area contributed by atoms with Gasteiger partial charge >= 0.3 is 0 Å². The van der Waals surface area contributed by atoms with Crippen molar-refractivity contribution in [1.29, 1.82) is 10.5 Å². The van der Waals surface area contributed by atoms with E-state index in [1.165, 1.54) is 0 Å². The van der Waals surface area contributed by atoms with Crippen LogP contribution in [-0.4, -0.2) is 55.6 Å². The number of piperazine rings is 1. The van der Waals surface area contributed by atoms with Crippen LogP contribution in [0, 0.1) is 28.6 Å². The van der Waals surface area contributed by atoms with Gasteiger partial charge in [0.15, 0.2) is 0 Å². The molecule has 1 aliphatic heterocycles. The third-order valence-corrected chi connectivity index (χ3v) is 4.57. The molecule has 1 aromatic rings. The molecule has 2 rings (SSSR count). The number of hydrogen-bond acceptors (Lipinski definition) is 5. The molecule has 1 unspecified atom stereocenters. The molecule has 0 aliphatic carbocycles. The van der Waals surface area contributed by atoms with Crippen LogP contribution >= 0.6 is 0 Å². The lowest BCUT2D eigenvalue weighted by molar-refractivity contribution is 0.0944. The molecule has 1 heterocycles. The van der Waals surface area contributed by atoms with E-state index in [1.807, 2.05) is 0 Å². The van der Waals surface area contributed by atoms with Crippen molar-refractivity contribution in [2.45, 2.75) is 19.9 Å². The molecular formula is C18H25N5. The number of nitrogens with one attached hydrogen (secondary N) is 1. The summed E-state index contributed by atoms with van der Waals surface area (Å²) in [5, 5.41) is 21.9. The molecule has 1 saturated heterocycles. The topological polar surface area (TPSA) is 66.1 Å². The molecular weight excluding hydrogens is 286 g/mol. The molecule has 5 nitrogen and oxygen atoms in total. The van der Waals surface area contributed by atoms with Gasteiger partial charge in [-0.2, -0.15) is 10.5 Å². The Morgan fingerprint density at radius 3 is 2.13 bits per heavy atom. The van der Waals surface area contributed by atoms with Gasteiger partial charge in [0.05, 0.1) is 16.8 Å². The maximum atomic E-state index is 9.28. The van der Waals surface area contributed by atoms with E-state index in [4.69, 9.17) is 0 Å². The second kappa shape index (κ2) is 7.97. The minimum Gasteiger partial charge on any atom is -0.381 e. The van der Waals surface area contributed by atoms with Crippen molar-refractivity contribution in [3.63, 3.8) is 0 Å². The van der Waals surface area contributed by atoms with Crippen LogP contribution in [0.2, 0.25) is 0 Å². The van der Waals surface area contributed by atoms with Crippen LogP contribution in [0.15, 0.2) is 18.2 Å². The first-order chi connectivity index (χ1) is 11.1. The fraction of sp³-hybridized carbons (Fsp3) is 0.556. The van der Waals surface area contributed by atoms with Crippen molar-refractivity contribution in [2.75, 3.05) is 45.1 Å². The molecule has 5 heteroatoms. The molecule has 0 bridgehead atoms. The van der Waals surface area contributed by atoms with Crippen molar-refractivity contribution in [1.82, 2.24) is 9.80 Å². The SMILES string of the molecule is CC(C)C(CNc1c(C#N)cccc1C#N)N1CCN(C)CC1. The van der Waals surface area contributed by atoms with Crippen molar-refractivity contribution >= 4 is 5.69 Å². The zero-order chi connectivity index (χ0) is 16.8. The number of rotatable bonds is 5. The monoisotopic (exact) mass is 311 g/mol. The number of hydrogen-bond donors (Lipinski definition) is 1. The number of likely N-dealkylation sites (N-methyl/N-ethyl adjacent to an activating group) is 1. The average Bonchev–Trinajstić information content (AvgIpc) is 2.56. The third-order valence-electron chi connectivity index (χ3n) is 4.57. The number of benzene rings is 1. The Bertz CT molecular complexity index is 571. The summed E-state index contributed by atoms with van der Waals surface area (Å²) in [7, 11) is 2.16. The second-order valence-corrected chi connectivity index (χ2v) is 6.48. The van der Waals surface area contributed by atoms with Gasteiger partial charge in [0.25, 0.3) is 0 Å². The lowest BCUT2D eigenvalue weighted by Gasteiger charge is -2.40. The molecule has 23 heavy (non-hydrogen) atoms. The van der Waals surface area contributed by atoms with E-state index in [0.29, 0.717) is 28.8 Å². The standard InChI is InChI=1S/C18H25N5/c1-14(2)17(23-9-7-22(3)8-10-23)13-21-18-15(11-19)5-4-6-16(18)12-20/h4-6,14,17,21H,7-10,13H2,1-3H3. The van der Waals surface area contributed by atoms with Gasteiger partial charge in [-0.25, -0.2) is 0 Å². The summed E-state index contributed by atoms with van der Waals surface area (Å²) in [6.45, 7) is 9.49. The quantitative estimate of drug-likeness (QED) is 0.902. The number of nitriles is 2. The zero-order valence-corrected chi connectivity index (χ0v) is 14.2. The molecule has 1 aliphatic rings. The van der Waals surface area contributed by atoms with Gasteiger partial charge in [0.2, 0.25) is 0 Å².